The molecule has 2 rings (SSSR count). The lowest BCUT2D eigenvalue weighted by atomic mass is 9.93. The van der Waals surface area contributed by atoms with Gasteiger partial charge in [-0.1, -0.05) is 25.9 Å². The number of aromatic nitrogens is 1. The standard InChI is InChI=1S/C15H20N2O4/c1-14(2,3)12-8-10(17-21-12)13(18)16-9-15(4,19)11-6-5-7-20-11/h5-8,19H,9H2,1-4H3,(H,16,18). The summed E-state index contributed by atoms with van der Waals surface area (Å²) in [5.41, 5.74) is -1.31. The maximum absolute atomic E-state index is 12.0. The molecular formula is C15H20N2O4. The van der Waals surface area contributed by atoms with Gasteiger partial charge in [0, 0.05) is 11.5 Å². The van der Waals surface area contributed by atoms with E-state index in [1.807, 2.05) is 20.8 Å². The van der Waals surface area contributed by atoms with E-state index in [-0.39, 0.29) is 17.7 Å². The maximum atomic E-state index is 12.0. The van der Waals surface area contributed by atoms with E-state index in [0.29, 0.717) is 11.5 Å². The Bertz CT molecular complexity index is 606. The zero-order valence-electron chi connectivity index (χ0n) is 12.6. The van der Waals surface area contributed by atoms with E-state index in [2.05, 4.69) is 10.5 Å². The number of rotatable bonds is 4. The van der Waals surface area contributed by atoms with Gasteiger partial charge in [-0.2, -0.15) is 0 Å². The molecule has 0 spiro atoms. The van der Waals surface area contributed by atoms with E-state index in [0.717, 1.165) is 0 Å². The van der Waals surface area contributed by atoms with Crippen LogP contribution in [0.3, 0.4) is 0 Å². The third kappa shape index (κ3) is 3.52. The molecule has 1 unspecified atom stereocenters. The molecule has 0 radical (unpaired) electrons. The van der Waals surface area contributed by atoms with Crippen LogP contribution in [-0.2, 0) is 11.0 Å². The number of carbonyl (C=O) groups excluding carboxylic acids is 1. The molecule has 1 amide bonds. The summed E-state index contributed by atoms with van der Waals surface area (Å²) in [4.78, 5) is 12.0. The molecule has 2 aromatic rings. The molecule has 0 fully saturated rings. The van der Waals surface area contributed by atoms with E-state index >= 15 is 0 Å². The Morgan fingerprint density at radius 1 is 1.33 bits per heavy atom. The van der Waals surface area contributed by atoms with Gasteiger partial charge < -0.3 is 19.4 Å². The fourth-order valence-electron chi connectivity index (χ4n) is 1.75. The monoisotopic (exact) mass is 292 g/mol. The number of nitrogens with zero attached hydrogens (tertiary/aromatic N) is 1. The van der Waals surface area contributed by atoms with Gasteiger partial charge in [0.1, 0.15) is 17.1 Å². The van der Waals surface area contributed by atoms with Crippen molar-refractivity contribution in [2.75, 3.05) is 6.54 Å². The van der Waals surface area contributed by atoms with Crippen molar-refractivity contribution in [3.05, 3.63) is 41.7 Å². The molecule has 114 valence electrons. The van der Waals surface area contributed by atoms with Gasteiger partial charge in [0.25, 0.3) is 5.91 Å². The van der Waals surface area contributed by atoms with E-state index in [4.69, 9.17) is 8.94 Å². The molecule has 6 nitrogen and oxygen atoms in total. The SMILES string of the molecule is CC(C)(C)c1cc(C(=O)NCC(C)(O)c2ccco2)no1. The molecule has 6 heteroatoms. The fourth-order valence-corrected chi connectivity index (χ4v) is 1.75. The fraction of sp³-hybridized carbons (Fsp3) is 0.467. The van der Waals surface area contributed by atoms with Crippen LogP contribution in [0.4, 0.5) is 0 Å². The summed E-state index contributed by atoms with van der Waals surface area (Å²) in [6.45, 7) is 7.48. The number of nitrogens with one attached hydrogen (secondary N) is 1. The largest absolute Gasteiger partial charge is 0.466 e. The highest BCUT2D eigenvalue weighted by Crippen LogP contribution is 2.23. The maximum Gasteiger partial charge on any atom is 0.273 e. The van der Waals surface area contributed by atoms with Gasteiger partial charge in [-0.15, -0.1) is 0 Å². The Labute approximate surface area is 123 Å². The van der Waals surface area contributed by atoms with Crippen molar-refractivity contribution in [2.24, 2.45) is 0 Å². The van der Waals surface area contributed by atoms with Crippen molar-refractivity contribution in [3.8, 4) is 0 Å². The molecule has 2 aromatic heterocycles. The highest BCUT2D eigenvalue weighted by atomic mass is 16.5. The van der Waals surface area contributed by atoms with Crippen molar-refractivity contribution in [2.45, 2.75) is 38.7 Å². The first-order chi connectivity index (χ1) is 9.70. The van der Waals surface area contributed by atoms with E-state index in [1.165, 1.54) is 6.26 Å². The lowest BCUT2D eigenvalue weighted by Crippen LogP contribution is -2.38. The minimum atomic E-state index is -1.28. The summed E-state index contributed by atoms with van der Waals surface area (Å²) in [7, 11) is 0. The molecule has 2 heterocycles. The van der Waals surface area contributed by atoms with Crippen LogP contribution < -0.4 is 5.32 Å². The predicted octanol–water partition coefficient (Wildman–Crippen LogP) is 2.20. The number of furan rings is 1. The van der Waals surface area contributed by atoms with Crippen LogP contribution in [0.25, 0.3) is 0 Å². The van der Waals surface area contributed by atoms with Gasteiger partial charge in [0.15, 0.2) is 5.69 Å². The minimum absolute atomic E-state index is 0.0110. The molecule has 1 atom stereocenters. The first-order valence-electron chi connectivity index (χ1n) is 6.72. The van der Waals surface area contributed by atoms with Crippen LogP contribution in [0, 0.1) is 0 Å². The number of carbonyl (C=O) groups is 1. The van der Waals surface area contributed by atoms with Gasteiger partial charge >= 0.3 is 0 Å². The van der Waals surface area contributed by atoms with Gasteiger partial charge in [-0.3, -0.25) is 4.79 Å². The van der Waals surface area contributed by atoms with Crippen molar-refractivity contribution in [1.29, 1.82) is 0 Å². The summed E-state index contributed by atoms with van der Waals surface area (Å²) < 4.78 is 10.3. The average molecular weight is 292 g/mol. The van der Waals surface area contributed by atoms with Crippen LogP contribution >= 0.6 is 0 Å². The molecule has 0 aromatic carbocycles. The lowest BCUT2D eigenvalue weighted by Gasteiger charge is -2.20. The highest BCUT2D eigenvalue weighted by molar-refractivity contribution is 5.92. The van der Waals surface area contributed by atoms with Crippen molar-refractivity contribution in [1.82, 2.24) is 10.5 Å². The van der Waals surface area contributed by atoms with Crippen LogP contribution in [0.1, 0.15) is 49.7 Å². The second-order valence-corrected chi connectivity index (χ2v) is 6.26. The van der Waals surface area contributed by atoms with Crippen LogP contribution in [0.15, 0.2) is 33.4 Å². The van der Waals surface area contributed by atoms with Gasteiger partial charge in [-0.25, -0.2) is 0 Å². The third-order valence-electron chi connectivity index (χ3n) is 3.13. The Balaban J connectivity index is 2.01. The summed E-state index contributed by atoms with van der Waals surface area (Å²) in [5, 5.41) is 16.6. The topological polar surface area (TPSA) is 88.5 Å². The van der Waals surface area contributed by atoms with Crippen LogP contribution in [-0.4, -0.2) is 22.7 Å². The van der Waals surface area contributed by atoms with E-state index in [1.54, 1.807) is 25.1 Å². The summed E-state index contributed by atoms with van der Waals surface area (Å²) in [6.07, 6.45) is 1.47. The van der Waals surface area contributed by atoms with Crippen LogP contribution in [0.5, 0.6) is 0 Å². The van der Waals surface area contributed by atoms with E-state index in [9.17, 15) is 9.90 Å². The molecule has 0 aliphatic heterocycles. The Kier molecular flexibility index (Phi) is 3.91. The molecular weight excluding hydrogens is 272 g/mol. The summed E-state index contributed by atoms with van der Waals surface area (Å²) in [5.74, 6) is 0.616. The highest BCUT2D eigenvalue weighted by Gasteiger charge is 2.28. The lowest BCUT2D eigenvalue weighted by molar-refractivity contribution is 0.0329. The van der Waals surface area contributed by atoms with Crippen molar-refractivity contribution < 1.29 is 18.8 Å². The molecule has 0 aliphatic carbocycles. The normalized spacial score (nSPS) is 14.7. The Morgan fingerprint density at radius 3 is 2.57 bits per heavy atom. The van der Waals surface area contributed by atoms with E-state index < -0.39 is 11.5 Å². The quantitative estimate of drug-likeness (QED) is 0.902. The zero-order valence-corrected chi connectivity index (χ0v) is 12.6. The van der Waals surface area contributed by atoms with Crippen molar-refractivity contribution in [3.63, 3.8) is 0 Å². The minimum Gasteiger partial charge on any atom is -0.466 e. The molecule has 0 saturated carbocycles. The molecule has 0 aliphatic rings. The number of aliphatic hydroxyl groups is 1. The van der Waals surface area contributed by atoms with Gasteiger partial charge in [0.05, 0.1) is 12.8 Å². The number of hydrogen-bond donors (Lipinski definition) is 2. The Hall–Kier alpha value is -2.08. The Morgan fingerprint density at radius 2 is 2.05 bits per heavy atom. The summed E-state index contributed by atoms with van der Waals surface area (Å²) in [6, 6.07) is 4.94. The zero-order chi connectivity index (χ0) is 15.7. The predicted molar refractivity (Wildman–Crippen MR) is 75.8 cm³/mol. The first kappa shape index (κ1) is 15.3. The molecule has 0 bridgehead atoms. The number of hydrogen-bond acceptors (Lipinski definition) is 5. The second kappa shape index (κ2) is 5.37. The third-order valence-corrected chi connectivity index (χ3v) is 3.13. The second-order valence-electron chi connectivity index (χ2n) is 6.26. The average Bonchev–Trinajstić information content (AvgIpc) is 3.05. The van der Waals surface area contributed by atoms with Crippen LogP contribution in [0.2, 0.25) is 0 Å². The smallest absolute Gasteiger partial charge is 0.273 e. The first-order valence-corrected chi connectivity index (χ1v) is 6.72. The van der Waals surface area contributed by atoms with Gasteiger partial charge in [-0.05, 0) is 19.1 Å². The van der Waals surface area contributed by atoms with Crippen molar-refractivity contribution >= 4 is 5.91 Å². The van der Waals surface area contributed by atoms with Gasteiger partial charge in [0.2, 0.25) is 0 Å². The summed E-state index contributed by atoms with van der Waals surface area (Å²) >= 11 is 0. The number of amides is 1. The molecule has 0 saturated heterocycles. The molecule has 21 heavy (non-hydrogen) atoms. The molecule has 2 N–H and O–H groups in total.